The Morgan fingerprint density at radius 3 is 2.56 bits per heavy atom. The zero-order valence-corrected chi connectivity index (χ0v) is 13.3. The summed E-state index contributed by atoms with van der Waals surface area (Å²) in [5.74, 6) is -0.270. The molecule has 0 fully saturated rings. The van der Waals surface area contributed by atoms with Gasteiger partial charge in [0.15, 0.2) is 0 Å². The predicted molar refractivity (Wildman–Crippen MR) is 94.8 cm³/mol. The van der Waals surface area contributed by atoms with E-state index in [9.17, 15) is 14.9 Å². The lowest BCUT2D eigenvalue weighted by molar-refractivity contribution is -0.384. The normalized spacial score (nSPS) is 10.2. The Morgan fingerprint density at radius 1 is 1.16 bits per heavy atom. The number of nitrogens with zero attached hydrogens (tertiary/aromatic N) is 2. The van der Waals surface area contributed by atoms with Crippen LogP contribution < -0.4 is 10.6 Å². The van der Waals surface area contributed by atoms with Crippen LogP contribution in [0.2, 0.25) is 0 Å². The lowest BCUT2D eigenvalue weighted by atomic mass is 10.1. The van der Waals surface area contributed by atoms with Gasteiger partial charge in [-0.1, -0.05) is 24.3 Å². The molecule has 2 aromatic carbocycles. The smallest absolute Gasteiger partial charge is 0.292 e. The quantitative estimate of drug-likeness (QED) is 0.350. The molecule has 0 aliphatic rings. The molecule has 0 bridgehead atoms. The second-order valence-corrected chi connectivity index (χ2v) is 5.06. The molecule has 7 heteroatoms. The van der Waals surface area contributed by atoms with E-state index in [4.69, 9.17) is 5.26 Å². The molecule has 0 saturated carbocycles. The summed E-state index contributed by atoms with van der Waals surface area (Å²) >= 11 is 0. The average molecular weight is 336 g/mol. The number of nitro groups is 1. The highest BCUT2D eigenvalue weighted by molar-refractivity contribution is 5.91. The molecule has 1 amide bonds. The van der Waals surface area contributed by atoms with E-state index in [0.717, 1.165) is 5.56 Å². The topological polar surface area (TPSA) is 108 Å². The summed E-state index contributed by atoms with van der Waals surface area (Å²) in [7, 11) is 0. The van der Waals surface area contributed by atoms with Gasteiger partial charge in [0.25, 0.3) is 5.69 Å². The third-order valence-corrected chi connectivity index (χ3v) is 3.31. The fourth-order valence-electron chi connectivity index (χ4n) is 2.06. The van der Waals surface area contributed by atoms with E-state index in [1.807, 2.05) is 6.07 Å². The number of carbonyl (C=O) groups excluding carboxylic acids is 1. The van der Waals surface area contributed by atoms with Crippen molar-refractivity contribution in [1.82, 2.24) is 5.32 Å². The van der Waals surface area contributed by atoms with Crippen molar-refractivity contribution in [2.45, 2.75) is 0 Å². The summed E-state index contributed by atoms with van der Waals surface area (Å²) in [6.07, 6.45) is 3.04. The number of benzene rings is 2. The van der Waals surface area contributed by atoms with Crippen molar-refractivity contribution < 1.29 is 9.72 Å². The second-order valence-electron chi connectivity index (χ2n) is 5.06. The Hall–Kier alpha value is -3.66. The van der Waals surface area contributed by atoms with Gasteiger partial charge in [0.1, 0.15) is 5.69 Å². The summed E-state index contributed by atoms with van der Waals surface area (Å²) in [5.41, 5.74) is 1.78. The Labute approximate surface area is 144 Å². The van der Waals surface area contributed by atoms with Crippen molar-refractivity contribution in [3.05, 3.63) is 75.8 Å². The molecule has 7 nitrogen and oxygen atoms in total. The number of anilines is 1. The number of carbonyl (C=O) groups is 1. The Kier molecular flexibility index (Phi) is 6.25. The van der Waals surface area contributed by atoms with Crippen LogP contribution in [-0.2, 0) is 4.79 Å². The molecular weight excluding hydrogens is 320 g/mol. The average Bonchev–Trinajstić information content (AvgIpc) is 2.64. The van der Waals surface area contributed by atoms with Crippen molar-refractivity contribution >= 4 is 23.4 Å². The van der Waals surface area contributed by atoms with Crippen LogP contribution in [0.15, 0.2) is 54.6 Å². The molecule has 0 heterocycles. The van der Waals surface area contributed by atoms with Gasteiger partial charge < -0.3 is 10.6 Å². The third-order valence-electron chi connectivity index (χ3n) is 3.31. The zero-order valence-electron chi connectivity index (χ0n) is 13.3. The van der Waals surface area contributed by atoms with Crippen LogP contribution in [0.4, 0.5) is 11.4 Å². The van der Waals surface area contributed by atoms with Crippen molar-refractivity contribution in [1.29, 1.82) is 5.26 Å². The molecule has 126 valence electrons. The number of nitriles is 1. The molecule has 2 N–H and O–H groups in total. The van der Waals surface area contributed by atoms with Gasteiger partial charge in [-0.3, -0.25) is 14.9 Å². The summed E-state index contributed by atoms with van der Waals surface area (Å²) in [4.78, 5) is 22.2. The largest absolute Gasteiger partial charge is 0.378 e. The molecule has 25 heavy (non-hydrogen) atoms. The van der Waals surface area contributed by atoms with E-state index in [2.05, 4.69) is 10.6 Å². The number of hydrogen-bond acceptors (Lipinski definition) is 5. The van der Waals surface area contributed by atoms with Crippen LogP contribution in [-0.4, -0.2) is 23.9 Å². The fourth-order valence-corrected chi connectivity index (χ4v) is 2.06. The van der Waals surface area contributed by atoms with E-state index in [1.54, 1.807) is 48.5 Å². The van der Waals surface area contributed by atoms with Gasteiger partial charge in [-0.25, -0.2) is 0 Å². The van der Waals surface area contributed by atoms with Crippen LogP contribution in [0.5, 0.6) is 0 Å². The van der Waals surface area contributed by atoms with Crippen LogP contribution >= 0.6 is 0 Å². The Morgan fingerprint density at radius 2 is 1.88 bits per heavy atom. The second kappa shape index (κ2) is 8.84. The molecular formula is C18H16N4O3. The molecule has 0 aliphatic carbocycles. The first-order valence-corrected chi connectivity index (χ1v) is 7.53. The molecule has 0 atom stereocenters. The number of nitrogens with one attached hydrogen (secondary N) is 2. The van der Waals surface area contributed by atoms with Gasteiger partial charge in [0, 0.05) is 25.2 Å². The van der Waals surface area contributed by atoms with E-state index in [-0.39, 0.29) is 11.6 Å². The van der Waals surface area contributed by atoms with E-state index in [0.29, 0.717) is 24.3 Å². The van der Waals surface area contributed by atoms with E-state index >= 15 is 0 Å². The van der Waals surface area contributed by atoms with Crippen molar-refractivity contribution in [2.24, 2.45) is 0 Å². The standard InChI is InChI=1S/C18H16N4O3/c19-13-15-7-5-14(6-8-15)9-10-18(23)21-12-11-20-16-3-1-2-4-17(16)22(24)25/h1-10,20H,11-12H2,(H,21,23)/b10-9+. The van der Waals surface area contributed by atoms with Gasteiger partial charge in [0.05, 0.1) is 16.6 Å². The lowest BCUT2D eigenvalue weighted by Gasteiger charge is -2.07. The van der Waals surface area contributed by atoms with Gasteiger partial charge in [-0.2, -0.15) is 5.26 Å². The first kappa shape index (κ1) is 17.7. The lowest BCUT2D eigenvalue weighted by Crippen LogP contribution is -2.27. The van der Waals surface area contributed by atoms with Gasteiger partial charge in [0.2, 0.25) is 5.91 Å². The zero-order chi connectivity index (χ0) is 18.1. The third kappa shape index (κ3) is 5.48. The Bertz CT molecular complexity index is 823. The van der Waals surface area contributed by atoms with E-state index < -0.39 is 4.92 Å². The van der Waals surface area contributed by atoms with Gasteiger partial charge in [-0.05, 0) is 29.8 Å². The van der Waals surface area contributed by atoms with Crippen molar-refractivity contribution in [3.8, 4) is 6.07 Å². The van der Waals surface area contributed by atoms with E-state index in [1.165, 1.54) is 12.1 Å². The van der Waals surface area contributed by atoms with Crippen LogP contribution in [0.1, 0.15) is 11.1 Å². The SMILES string of the molecule is N#Cc1ccc(/C=C/C(=O)NCCNc2ccccc2[N+](=O)[O-])cc1. The number of para-hydroxylation sites is 2. The molecule has 0 saturated heterocycles. The summed E-state index contributed by atoms with van der Waals surface area (Å²) in [6.45, 7) is 0.684. The maximum atomic E-state index is 11.7. The number of hydrogen-bond donors (Lipinski definition) is 2. The monoisotopic (exact) mass is 336 g/mol. The maximum Gasteiger partial charge on any atom is 0.292 e. The highest BCUT2D eigenvalue weighted by Gasteiger charge is 2.11. The first-order valence-electron chi connectivity index (χ1n) is 7.53. The molecule has 0 unspecified atom stereocenters. The highest BCUT2D eigenvalue weighted by atomic mass is 16.6. The number of nitro benzene ring substituents is 1. The molecule has 0 aromatic heterocycles. The fraction of sp³-hybridized carbons (Fsp3) is 0.111. The number of amides is 1. The first-order chi connectivity index (χ1) is 12.1. The maximum absolute atomic E-state index is 11.7. The minimum Gasteiger partial charge on any atom is -0.378 e. The summed E-state index contributed by atoms with van der Waals surface area (Å²) in [6, 6.07) is 15.2. The van der Waals surface area contributed by atoms with Gasteiger partial charge in [-0.15, -0.1) is 0 Å². The van der Waals surface area contributed by atoms with Crippen molar-refractivity contribution in [2.75, 3.05) is 18.4 Å². The molecule has 2 aromatic rings. The minimum atomic E-state index is -0.457. The van der Waals surface area contributed by atoms with Crippen LogP contribution in [0.25, 0.3) is 6.08 Å². The van der Waals surface area contributed by atoms with Crippen molar-refractivity contribution in [3.63, 3.8) is 0 Å². The minimum absolute atomic E-state index is 0.00506. The number of rotatable bonds is 7. The highest BCUT2D eigenvalue weighted by Crippen LogP contribution is 2.22. The summed E-state index contributed by atoms with van der Waals surface area (Å²) < 4.78 is 0. The predicted octanol–water partition coefficient (Wildman–Crippen LogP) is 2.71. The van der Waals surface area contributed by atoms with Crippen LogP contribution in [0, 0.1) is 21.4 Å². The van der Waals surface area contributed by atoms with Crippen LogP contribution in [0.3, 0.4) is 0 Å². The summed E-state index contributed by atoms with van der Waals surface area (Å²) in [5, 5.41) is 25.2. The molecule has 2 rings (SSSR count). The molecule has 0 spiro atoms. The molecule has 0 aliphatic heterocycles. The van der Waals surface area contributed by atoms with Gasteiger partial charge >= 0.3 is 0 Å². The molecule has 0 radical (unpaired) electrons. The Balaban J connectivity index is 1.78.